The zero-order valence-corrected chi connectivity index (χ0v) is 17.9. The number of pyridine rings is 1. The molecule has 0 unspecified atom stereocenters. The highest BCUT2D eigenvalue weighted by atomic mass is 32.1. The third-order valence-electron chi connectivity index (χ3n) is 4.37. The number of nitrogens with one attached hydrogen (secondary N) is 2. The molecule has 0 aliphatic rings. The molecule has 4 heterocycles. The molecular weight excluding hydrogens is 432 g/mol. The van der Waals surface area contributed by atoms with Crippen LogP contribution in [-0.2, 0) is 7.05 Å². The van der Waals surface area contributed by atoms with Gasteiger partial charge in [-0.3, -0.25) is 15.0 Å². The molecule has 0 aliphatic carbocycles. The van der Waals surface area contributed by atoms with Gasteiger partial charge in [0.05, 0.1) is 30.0 Å². The molecule has 0 spiro atoms. The third kappa shape index (κ3) is 4.44. The van der Waals surface area contributed by atoms with Crippen LogP contribution in [-0.4, -0.2) is 53.4 Å². The molecule has 12 heteroatoms. The van der Waals surface area contributed by atoms with Crippen LogP contribution in [0.5, 0.6) is 0 Å². The van der Waals surface area contributed by atoms with Crippen LogP contribution >= 0.6 is 11.3 Å². The average molecular weight is 450 g/mol. The van der Waals surface area contributed by atoms with E-state index in [1.165, 1.54) is 23.7 Å². The van der Waals surface area contributed by atoms with Crippen LogP contribution < -0.4 is 10.6 Å². The van der Waals surface area contributed by atoms with Gasteiger partial charge in [0, 0.05) is 48.1 Å². The lowest BCUT2D eigenvalue weighted by Gasteiger charge is -2.10. The number of carbonyl (C=O) groups is 2. The summed E-state index contributed by atoms with van der Waals surface area (Å²) in [6.45, 7) is 2.29. The quantitative estimate of drug-likeness (QED) is 0.406. The van der Waals surface area contributed by atoms with Crippen LogP contribution in [0.2, 0.25) is 0 Å². The molecule has 4 aromatic rings. The van der Waals surface area contributed by atoms with Crippen molar-refractivity contribution in [2.45, 2.75) is 6.92 Å². The van der Waals surface area contributed by atoms with Crippen molar-refractivity contribution in [1.29, 1.82) is 0 Å². The van der Waals surface area contributed by atoms with Crippen LogP contribution in [0.3, 0.4) is 0 Å². The minimum absolute atomic E-state index is 0.161. The Morgan fingerprint density at radius 2 is 1.94 bits per heavy atom. The van der Waals surface area contributed by atoms with Gasteiger partial charge in [0.25, 0.3) is 0 Å². The van der Waals surface area contributed by atoms with Crippen molar-refractivity contribution in [3.63, 3.8) is 0 Å². The third-order valence-corrected chi connectivity index (χ3v) is 5.24. The van der Waals surface area contributed by atoms with E-state index in [0.717, 1.165) is 11.3 Å². The van der Waals surface area contributed by atoms with Crippen molar-refractivity contribution in [2.75, 3.05) is 11.9 Å². The molecule has 4 aromatic heterocycles. The largest absolute Gasteiger partial charge is 0.476 e. The summed E-state index contributed by atoms with van der Waals surface area (Å²) in [6.07, 6.45) is 7.70. The molecule has 0 bridgehead atoms. The molecule has 0 aromatic carbocycles. The fourth-order valence-corrected chi connectivity index (χ4v) is 3.75. The summed E-state index contributed by atoms with van der Waals surface area (Å²) in [6, 6.07) is 1.32. The number of amides is 2. The monoisotopic (exact) mass is 450 g/mol. The number of aromatic carboxylic acids is 1. The summed E-state index contributed by atoms with van der Waals surface area (Å²) < 4.78 is 1.69. The fourth-order valence-electron chi connectivity index (χ4n) is 2.89. The van der Waals surface area contributed by atoms with Gasteiger partial charge in [-0.15, -0.1) is 11.3 Å². The van der Waals surface area contributed by atoms with E-state index in [2.05, 4.69) is 30.7 Å². The predicted octanol–water partition coefficient (Wildman–Crippen LogP) is 2.90. The SMILES string of the molecule is CCNC(=O)Nc1cc(-c2nc(-c3cnn(C)c3)cs2)c(-c2cnc(C(=O)O)cn2)cn1. The van der Waals surface area contributed by atoms with E-state index in [1.807, 2.05) is 25.5 Å². The maximum atomic E-state index is 11.9. The van der Waals surface area contributed by atoms with E-state index in [1.54, 1.807) is 23.1 Å². The van der Waals surface area contributed by atoms with Gasteiger partial charge in [-0.2, -0.15) is 5.10 Å². The molecule has 4 rings (SSSR count). The van der Waals surface area contributed by atoms with Gasteiger partial charge in [-0.1, -0.05) is 0 Å². The lowest BCUT2D eigenvalue weighted by atomic mass is 10.1. The Balaban J connectivity index is 1.77. The highest BCUT2D eigenvalue weighted by Gasteiger charge is 2.17. The number of hydrogen-bond donors (Lipinski definition) is 3. The average Bonchev–Trinajstić information content (AvgIpc) is 3.43. The predicted molar refractivity (Wildman–Crippen MR) is 118 cm³/mol. The molecule has 11 nitrogen and oxygen atoms in total. The Kier molecular flexibility index (Phi) is 5.85. The van der Waals surface area contributed by atoms with E-state index in [-0.39, 0.29) is 11.7 Å². The second-order valence-electron chi connectivity index (χ2n) is 6.63. The summed E-state index contributed by atoms with van der Waals surface area (Å²) in [5, 5.41) is 21.2. The normalized spacial score (nSPS) is 10.7. The number of nitrogens with zero attached hydrogens (tertiary/aromatic N) is 6. The maximum absolute atomic E-state index is 11.9. The molecular formula is C20H18N8O3S. The van der Waals surface area contributed by atoms with Gasteiger partial charge in [-0.05, 0) is 13.0 Å². The first-order chi connectivity index (χ1) is 15.4. The van der Waals surface area contributed by atoms with E-state index in [4.69, 9.17) is 10.1 Å². The second-order valence-corrected chi connectivity index (χ2v) is 7.49. The van der Waals surface area contributed by atoms with E-state index in [0.29, 0.717) is 34.2 Å². The number of aryl methyl sites for hydroxylation is 1. The number of anilines is 1. The fraction of sp³-hybridized carbons (Fsp3) is 0.150. The standard InChI is InChI=1S/C20H18N8O3S/c1-3-21-20(31)27-17-4-12(18-26-16(10-32-18)11-5-25-28(2)9-11)13(6-24-17)14-7-23-15(8-22-14)19(29)30/h4-10H,3H2,1-2H3,(H,29,30)(H2,21,24,27,31). The van der Waals surface area contributed by atoms with Crippen LogP contribution in [0.25, 0.3) is 33.1 Å². The second kappa shape index (κ2) is 8.89. The van der Waals surface area contributed by atoms with Crippen LogP contribution in [0.4, 0.5) is 10.6 Å². The molecule has 0 atom stereocenters. The Hall–Kier alpha value is -4.19. The van der Waals surface area contributed by atoms with Crippen molar-refractivity contribution < 1.29 is 14.7 Å². The van der Waals surface area contributed by atoms with Crippen LogP contribution in [0.15, 0.2) is 42.4 Å². The summed E-state index contributed by atoms with van der Waals surface area (Å²) in [5.74, 6) is -0.826. The van der Waals surface area contributed by atoms with Gasteiger partial charge in [0.1, 0.15) is 10.8 Å². The summed E-state index contributed by atoms with van der Waals surface area (Å²) >= 11 is 1.41. The summed E-state index contributed by atoms with van der Waals surface area (Å²) in [7, 11) is 1.83. The molecule has 0 aliphatic heterocycles. The number of thiazole rings is 1. The number of rotatable bonds is 6. The zero-order valence-electron chi connectivity index (χ0n) is 17.1. The first kappa shape index (κ1) is 21.1. The first-order valence-electron chi connectivity index (χ1n) is 9.50. The minimum atomic E-state index is -1.16. The van der Waals surface area contributed by atoms with Crippen molar-refractivity contribution >= 4 is 29.2 Å². The smallest absolute Gasteiger partial charge is 0.356 e. The van der Waals surface area contributed by atoms with Gasteiger partial charge in [0.15, 0.2) is 5.69 Å². The van der Waals surface area contributed by atoms with E-state index >= 15 is 0 Å². The lowest BCUT2D eigenvalue weighted by Crippen LogP contribution is -2.28. The molecule has 0 saturated carbocycles. The lowest BCUT2D eigenvalue weighted by molar-refractivity contribution is 0.0690. The van der Waals surface area contributed by atoms with E-state index < -0.39 is 5.97 Å². The highest BCUT2D eigenvalue weighted by molar-refractivity contribution is 7.13. The highest BCUT2D eigenvalue weighted by Crippen LogP contribution is 2.35. The van der Waals surface area contributed by atoms with Gasteiger partial charge < -0.3 is 10.4 Å². The topological polar surface area (TPSA) is 148 Å². The number of carbonyl (C=O) groups excluding carboxylic acids is 1. The maximum Gasteiger partial charge on any atom is 0.356 e. The Morgan fingerprint density at radius 1 is 1.09 bits per heavy atom. The van der Waals surface area contributed by atoms with Crippen molar-refractivity contribution in [3.05, 3.63) is 48.1 Å². The van der Waals surface area contributed by atoms with Crippen molar-refractivity contribution in [1.82, 2.24) is 35.0 Å². The van der Waals surface area contributed by atoms with Gasteiger partial charge in [-0.25, -0.2) is 24.5 Å². The number of carboxylic acids is 1. The molecule has 0 fully saturated rings. The number of aromatic nitrogens is 6. The summed E-state index contributed by atoms with van der Waals surface area (Å²) in [4.78, 5) is 40.2. The van der Waals surface area contributed by atoms with Crippen molar-refractivity contribution in [2.24, 2.45) is 7.05 Å². The molecule has 0 saturated heterocycles. The molecule has 2 amide bonds. The minimum Gasteiger partial charge on any atom is -0.476 e. The van der Waals surface area contributed by atoms with Gasteiger partial charge in [0.2, 0.25) is 0 Å². The summed E-state index contributed by atoms with van der Waals surface area (Å²) in [5.41, 5.74) is 3.17. The zero-order chi connectivity index (χ0) is 22.7. The molecule has 162 valence electrons. The Morgan fingerprint density at radius 3 is 2.59 bits per heavy atom. The van der Waals surface area contributed by atoms with Crippen LogP contribution in [0.1, 0.15) is 17.4 Å². The molecule has 0 radical (unpaired) electrons. The van der Waals surface area contributed by atoms with Crippen molar-refractivity contribution in [3.8, 4) is 33.1 Å². The number of carboxylic acid groups (broad SMARTS) is 1. The molecule has 32 heavy (non-hydrogen) atoms. The van der Waals surface area contributed by atoms with Crippen LogP contribution in [0, 0.1) is 0 Å². The number of hydrogen-bond acceptors (Lipinski definition) is 8. The molecule has 3 N–H and O–H groups in total. The van der Waals surface area contributed by atoms with E-state index in [9.17, 15) is 9.59 Å². The number of urea groups is 1. The Labute approximate surface area is 186 Å². The Bertz CT molecular complexity index is 1280. The first-order valence-corrected chi connectivity index (χ1v) is 10.4. The van der Waals surface area contributed by atoms with Gasteiger partial charge >= 0.3 is 12.0 Å².